The van der Waals surface area contributed by atoms with E-state index >= 15 is 4.39 Å². The molecule has 3 rings (SSSR count). The molecule has 2 heterocycles. The van der Waals surface area contributed by atoms with Crippen LogP contribution in [0, 0.1) is 5.92 Å². The molecule has 7 nitrogen and oxygen atoms in total. The van der Waals surface area contributed by atoms with Gasteiger partial charge in [-0.25, -0.2) is 14.4 Å². The number of aromatic nitrogens is 2. The number of nitrogens with zero attached hydrogens (tertiary/aromatic N) is 2. The molecule has 170 valence electrons. The Morgan fingerprint density at radius 3 is 2.44 bits per heavy atom. The number of rotatable bonds is 9. The third kappa shape index (κ3) is 5.38. The Balaban J connectivity index is 1.78. The standard InChI is InChI=1S/C22H22Cl2FN3O4/c1-4-14(29)6-13-10-32-11-16(13)28-22-26-8-12(9-27-22)5-15(25)19-20(23)17(30-2)7-18(31-3)21(19)24/h4-5,7-9,13,16H,1,6,10-11H2,2-3H3,(H,26,27,28)/b15-5-/t13-,16-/m0/s1. The Morgan fingerprint density at radius 1 is 1.25 bits per heavy atom. The maximum Gasteiger partial charge on any atom is 0.222 e. The van der Waals surface area contributed by atoms with Crippen LogP contribution < -0.4 is 14.8 Å². The molecule has 1 aromatic heterocycles. The summed E-state index contributed by atoms with van der Waals surface area (Å²) in [4.78, 5) is 20.1. The molecule has 0 bridgehead atoms. The first-order valence-corrected chi connectivity index (χ1v) is 10.4. The first-order chi connectivity index (χ1) is 15.4. The van der Waals surface area contributed by atoms with Gasteiger partial charge >= 0.3 is 0 Å². The highest BCUT2D eigenvalue weighted by atomic mass is 35.5. The van der Waals surface area contributed by atoms with Crippen molar-refractivity contribution < 1.29 is 23.4 Å². The zero-order valence-corrected chi connectivity index (χ0v) is 19.0. The van der Waals surface area contributed by atoms with E-state index in [1.54, 1.807) is 0 Å². The predicted octanol–water partition coefficient (Wildman–Crippen LogP) is 4.84. The van der Waals surface area contributed by atoms with Gasteiger partial charge in [-0.3, -0.25) is 4.79 Å². The lowest BCUT2D eigenvalue weighted by atomic mass is 9.97. The molecule has 1 aliphatic heterocycles. The summed E-state index contributed by atoms with van der Waals surface area (Å²) in [6, 6.07) is 1.37. The Labute approximate surface area is 195 Å². The molecule has 1 fully saturated rings. The summed E-state index contributed by atoms with van der Waals surface area (Å²) >= 11 is 12.5. The van der Waals surface area contributed by atoms with E-state index in [2.05, 4.69) is 21.9 Å². The SMILES string of the molecule is C=CC(=O)C[C@H]1COC[C@@H]1Nc1ncc(/C=C(\F)c2c(Cl)c(OC)cc(OC)c2Cl)cn1. The molecule has 2 atom stereocenters. The lowest BCUT2D eigenvalue weighted by molar-refractivity contribution is -0.115. The molecule has 0 amide bonds. The van der Waals surface area contributed by atoms with Crippen LogP contribution >= 0.6 is 23.2 Å². The second-order valence-electron chi connectivity index (χ2n) is 7.04. The number of carbonyl (C=O) groups excluding carboxylic acids is 1. The van der Waals surface area contributed by atoms with Crippen LogP contribution in [0.15, 0.2) is 31.1 Å². The molecule has 0 spiro atoms. The van der Waals surface area contributed by atoms with Crippen molar-refractivity contribution in [2.45, 2.75) is 12.5 Å². The van der Waals surface area contributed by atoms with Gasteiger partial charge in [-0.15, -0.1) is 0 Å². The van der Waals surface area contributed by atoms with Crippen LogP contribution in [0.4, 0.5) is 10.3 Å². The monoisotopic (exact) mass is 481 g/mol. The van der Waals surface area contributed by atoms with E-state index in [4.69, 9.17) is 37.4 Å². The summed E-state index contributed by atoms with van der Waals surface area (Å²) in [5.74, 6) is 0.0436. The number of anilines is 1. The first-order valence-electron chi connectivity index (χ1n) is 9.67. The average Bonchev–Trinajstić information content (AvgIpc) is 3.21. The number of hydrogen-bond acceptors (Lipinski definition) is 7. The number of ether oxygens (including phenoxy) is 3. The molecule has 0 aliphatic carbocycles. The Morgan fingerprint density at radius 2 is 1.88 bits per heavy atom. The Bertz CT molecular complexity index is 1000. The second kappa shape index (κ2) is 10.8. The van der Waals surface area contributed by atoms with Crippen molar-refractivity contribution in [3.8, 4) is 11.5 Å². The predicted molar refractivity (Wildman–Crippen MR) is 122 cm³/mol. The zero-order valence-electron chi connectivity index (χ0n) is 17.5. The lowest BCUT2D eigenvalue weighted by Gasteiger charge is -2.17. The normalized spacial score (nSPS) is 18.3. The van der Waals surface area contributed by atoms with Gasteiger partial charge in [-0.05, 0) is 12.2 Å². The number of halogens is 3. The van der Waals surface area contributed by atoms with Gasteiger partial charge < -0.3 is 19.5 Å². The third-order valence-electron chi connectivity index (χ3n) is 4.98. The summed E-state index contributed by atoms with van der Waals surface area (Å²) in [7, 11) is 2.82. The summed E-state index contributed by atoms with van der Waals surface area (Å²) < 4.78 is 30.9. The van der Waals surface area contributed by atoms with Gasteiger partial charge in [0, 0.05) is 36.4 Å². The van der Waals surface area contributed by atoms with Gasteiger partial charge in [0.25, 0.3) is 0 Å². The molecule has 0 unspecified atom stereocenters. The Hall–Kier alpha value is -2.68. The number of hydrogen-bond donors (Lipinski definition) is 1. The first kappa shape index (κ1) is 24.0. The van der Waals surface area contributed by atoms with Crippen LogP contribution in [0.1, 0.15) is 17.5 Å². The summed E-state index contributed by atoms with van der Waals surface area (Å²) in [6.45, 7) is 4.40. The maximum absolute atomic E-state index is 15.1. The highest BCUT2D eigenvalue weighted by Crippen LogP contribution is 2.44. The molecule has 1 aromatic carbocycles. The van der Waals surface area contributed by atoms with Gasteiger partial charge in [0.2, 0.25) is 5.95 Å². The zero-order chi connectivity index (χ0) is 23.3. The lowest BCUT2D eigenvalue weighted by Crippen LogP contribution is -2.30. The van der Waals surface area contributed by atoms with Gasteiger partial charge in [-0.1, -0.05) is 29.8 Å². The minimum Gasteiger partial charge on any atom is -0.495 e. The summed E-state index contributed by atoms with van der Waals surface area (Å²) in [5, 5.41) is 3.20. The van der Waals surface area contributed by atoms with Crippen molar-refractivity contribution in [3.05, 3.63) is 52.3 Å². The van der Waals surface area contributed by atoms with Crippen molar-refractivity contribution >= 4 is 46.8 Å². The number of nitrogens with one attached hydrogen (secondary N) is 1. The van der Waals surface area contributed by atoms with Crippen molar-refractivity contribution in [1.82, 2.24) is 9.97 Å². The highest BCUT2D eigenvalue weighted by Gasteiger charge is 2.30. The molecule has 32 heavy (non-hydrogen) atoms. The number of methoxy groups -OCH3 is 2. The van der Waals surface area contributed by atoms with E-state index in [1.165, 1.54) is 44.8 Å². The van der Waals surface area contributed by atoms with Crippen LogP contribution in [0.3, 0.4) is 0 Å². The number of benzene rings is 1. The molecular formula is C22H22Cl2FN3O4. The molecule has 1 aliphatic rings. The molecule has 1 N–H and O–H groups in total. The smallest absolute Gasteiger partial charge is 0.222 e. The van der Waals surface area contributed by atoms with Crippen molar-refractivity contribution in [1.29, 1.82) is 0 Å². The minimum absolute atomic E-state index is 0.00607. The van der Waals surface area contributed by atoms with E-state index < -0.39 is 5.83 Å². The van der Waals surface area contributed by atoms with E-state index in [0.29, 0.717) is 31.1 Å². The van der Waals surface area contributed by atoms with E-state index in [1.807, 2.05) is 0 Å². The Kier molecular flexibility index (Phi) is 8.06. The van der Waals surface area contributed by atoms with Crippen LogP contribution in [0.5, 0.6) is 11.5 Å². The van der Waals surface area contributed by atoms with Gasteiger partial charge in [0.1, 0.15) is 17.3 Å². The molecule has 2 aromatic rings. The quantitative estimate of drug-likeness (QED) is 0.512. The van der Waals surface area contributed by atoms with Crippen molar-refractivity contribution in [2.75, 3.05) is 32.8 Å². The third-order valence-corrected chi connectivity index (χ3v) is 5.73. The van der Waals surface area contributed by atoms with Crippen LogP contribution in [-0.4, -0.2) is 49.2 Å². The summed E-state index contributed by atoms with van der Waals surface area (Å²) in [6.07, 6.45) is 5.75. The molecule has 10 heteroatoms. The maximum atomic E-state index is 15.1. The molecule has 1 saturated heterocycles. The van der Waals surface area contributed by atoms with Crippen LogP contribution in [0.2, 0.25) is 10.0 Å². The fraction of sp³-hybridized carbons (Fsp3) is 0.318. The fourth-order valence-corrected chi connectivity index (χ4v) is 3.95. The van der Waals surface area contributed by atoms with Gasteiger partial charge in [0.05, 0.1) is 49.1 Å². The van der Waals surface area contributed by atoms with Crippen LogP contribution in [-0.2, 0) is 9.53 Å². The number of carbonyl (C=O) groups is 1. The van der Waals surface area contributed by atoms with E-state index in [9.17, 15) is 4.79 Å². The number of ketones is 1. The molecular weight excluding hydrogens is 460 g/mol. The second-order valence-corrected chi connectivity index (χ2v) is 7.80. The average molecular weight is 482 g/mol. The van der Waals surface area contributed by atoms with Crippen molar-refractivity contribution in [2.24, 2.45) is 5.92 Å². The fourth-order valence-electron chi connectivity index (χ4n) is 3.27. The number of allylic oxidation sites excluding steroid dienone is 1. The molecule has 0 radical (unpaired) electrons. The van der Waals surface area contributed by atoms with E-state index in [-0.39, 0.29) is 44.9 Å². The van der Waals surface area contributed by atoms with Gasteiger partial charge in [0.15, 0.2) is 5.78 Å². The van der Waals surface area contributed by atoms with Gasteiger partial charge in [-0.2, -0.15) is 0 Å². The molecule has 0 saturated carbocycles. The van der Waals surface area contributed by atoms with Crippen molar-refractivity contribution in [3.63, 3.8) is 0 Å². The topological polar surface area (TPSA) is 82.6 Å². The largest absolute Gasteiger partial charge is 0.495 e. The van der Waals surface area contributed by atoms with Crippen LogP contribution in [0.25, 0.3) is 11.9 Å². The highest BCUT2D eigenvalue weighted by molar-refractivity contribution is 6.39. The minimum atomic E-state index is -0.700. The summed E-state index contributed by atoms with van der Waals surface area (Å²) in [5.41, 5.74) is 0.340. The van der Waals surface area contributed by atoms with E-state index in [0.717, 1.165) is 0 Å².